The van der Waals surface area contributed by atoms with Crippen molar-refractivity contribution < 1.29 is 19.5 Å². The van der Waals surface area contributed by atoms with Gasteiger partial charge in [-0.25, -0.2) is 9.69 Å². The normalized spacial score (nSPS) is 25.7. The maximum Gasteiger partial charge on any atom is 0.335 e. The van der Waals surface area contributed by atoms with Crippen LogP contribution < -0.4 is 4.90 Å². The van der Waals surface area contributed by atoms with Crippen molar-refractivity contribution in [2.75, 3.05) is 4.90 Å². The molecule has 2 bridgehead atoms. The molecular weight excluding hydrogens is 378 g/mol. The van der Waals surface area contributed by atoms with Crippen molar-refractivity contribution in [1.29, 1.82) is 0 Å². The Balaban J connectivity index is 1.54. The Morgan fingerprint density at radius 2 is 1.17 bits per heavy atom. The lowest BCUT2D eigenvalue weighted by molar-refractivity contribution is -0.122. The lowest BCUT2D eigenvalue weighted by Gasteiger charge is -2.45. The Kier molecular flexibility index (Phi) is 3.37. The highest BCUT2D eigenvalue weighted by Gasteiger charge is 2.61. The number of carbonyl (C=O) groups is 3. The molecule has 5 nitrogen and oxygen atoms in total. The standard InChI is InChI=1S/C25H17NO4/c27-23-21-19-15-8-1-2-9-16(15)20(18-11-4-3-10-17(18)19)22(21)24(28)26(23)14-7-5-6-13(12-14)25(29)30/h1-12,19-22H,(H,29,30)/t19?,20?,21-,22-/m0/s1. The van der Waals surface area contributed by atoms with E-state index in [4.69, 9.17) is 0 Å². The summed E-state index contributed by atoms with van der Waals surface area (Å²) in [6, 6.07) is 22.2. The van der Waals surface area contributed by atoms with Gasteiger partial charge in [-0.15, -0.1) is 0 Å². The first-order valence-corrected chi connectivity index (χ1v) is 9.96. The van der Waals surface area contributed by atoms with Crippen molar-refractivity contribution >= 4 is 23.5 Å². The molecule has 1 heterocycles. The fourth-order valence-corrected chi connectivity index (χ4v) is 5.71. The third-order valence-corrected chi connectivity index (χ3v) is 6.80. The molecule has 0 unspecified atom stereocenters. The van der Waals surface area contributed by atoms with Crippen molar-refractivity contribution in [1.82, 2.24) is 0 Å². The molecule has 0 aromatic heterocycles. The van der Waals surface area contributed by atoms with Crippen LogP contribution in [0, 0.1) is 11.8 Å². The monoisotopic (exact) mass is 395 g/mol. The number of aromatic carboxylic acids is 1. The number of hydrogen-bond donors (Lipinski definition) is 1. The molecule has 4 aliphatic rings. The number of amides is 2. The molecule has 2 amide bonds. The average Bonchev–Trinajstić information content (AvgIpc) is 3.04. The van der Waals surface area contributed by atoms with Crippen LogP contribution in [0.2, 0.25) is 0 Å². The Morgan fingerprint density at radius 3 is 1.60 bits per heavy atom. The molecule has 0 saturated carbocycles. The van der Waals surface area contributed by atoms with E-state index in [-0.39, 0.29) is 29.2 Å². The van der Waals surface area contributed by atoms with Crippen LogP contribution in [0.3, 0.4) is 0 Å². The van der Waals surface area contributed by atoms with E-state index in [1.165, 1.54) is 17.0 Å². The second-order valence-corrected chi connectivity index (χ2v) is 8.13. The number of carboxylic acid groups (broad SMARTS) is 1. The van der Waals surface area contributed by atoms with Crippen LogP contribution in [0.5, 0.6) is 0 Å². The van der Waals surface area contributed by atoms with Gasteiger partial charge in [0.15, 0.2) is 0 Å². The summed E-state index contributed by atoms with van der Waals surface area (Å²) >= 11 is 0. The van der Waals surface area contributed by atoms with Crippen LogP contribution in [0.1, 0.15) is 44.4 Å². The molecule has 0 spiro atoms. The quantitative estimate of drug-likeness (QED) is 0.670. The van der Waals surface area contributed by atoms with Crippen molar-refractivity contribution in [3.63, 3.8) is 0 Å². The van der Waals surface area contributed by atoms with Crippen molar-refractivity contribution in [3.8, 4) is 0 Å². The number of anilines is 1. The number of nitrogens with zero attached hydrogens (tertiary/aromatic N) is 1. The fraction of sp³-hybridized carbons (Fsp3) is 0.160. The van der Waals surface area contributed by atoms with E-state index >= 15 is 0 Å². The molecule has 7 rings (SSSR count). The van der Waals surface area contributed by atoms with Gasteiger partial charge in [0.2, 0.25) is 11.8 Å². The minimum atomic E-state index is -1.09. The summed E-state index contributed by atoms with van der Waals surface area (Å²) < 4.78 is 0. The van der Waals surface area contributed by atoms with E-state index in [2.05, 4.69) is 24.3 Å². The van der Waals surface area contributed by atoms with Crippen molar-refractivity contribution in [2.45, 2.75) is 11.8 Å². The molecule has 1 aliphatic heterocycles. The molecule has 1 saturated heterocycles. The third-order valence-electron chi connectivity index (χ3n) is 6.80. The summed E-state index contributed by atoms with van der Waals surface area (Å²) in [5, 5.41) is 9.33. The SMILES string of the molecule is O=C(O)c1cccc(N2C(=O)[C@H]3C4c5ccccc5C(c5ccccc54)[C@@H]3C2=O)c1. The maximum atomic E-state index is 13.6. The maximum absolute atomic E-state index is 13.6. The summed E-state index contributed by atoms with van der Waals surface area (Å²) in [6.45, 7) is 0. The smallest absolute Gasteiger partial charge is 0.335 e. The van der Waals surface area contributed by atoms with E-state index in [1.54, 1.807) is 12.1 Å². The number of benzene rings is 3. The van der Waals surface area contributed by atoms with Gasteiger partial charge < -0.3 is 5.11 Å². The first-order valence-electron chi connectivity index (χ1n) is 9.96. The van der Waals surface area contributed by atoms with Crippen LogP contribution in [0.25, 0.3) is 0 Å². The average molecular weight is 395 g/mol. The molecule has 1 N–H and O–H groups in total. The second kappa shape index (κ2) is 5.89. The highest BCUT2D eigenvalue weighted by atomic mass is 16.4. The molecule has 1 fully saturated rings. The predicted molar refractivity (Wildman–Crippen MR) is 109 cm³/mol. The molecule has 0 radical (unpaired) electrons. The molecule has 3 aromatic carbocycles. The number of carbonyl (C=O) groups excluding carboxylic acids is 2. The number of hydrogen-bond acceptors (Lipinski definition) is 3. The predicted octanol–water partition coefficient (Wildman–Crippen LogP) is 3.78. The zero-order valence-electron chi connectivity index (χ0n) is 15.9. The fourth-order valence-electron chi connectivity index (χ4n) is 5.71. The Labute approximate surface area is 172 Å². The Bertz CT molecular complexity index is 1150. The van der Waals surface area contributed by atoms with Crippen LogP contribution >= 0.6 is 0 Å². The van der Waals surface area contributed by atoms with E-state index in [0.29, 0.717) is 5.69 Å². The van der Waals surface area contributed by atoms with Gasteiger partial charge in [0.1, 0.15) is 0 Å². The highest BCUT2D eigenvalue weighted by molar-refractivity contribution is 6.23. The van der Waals surface area contributed by atoms with E-state index < -0.39 is 17.8 Å². The number of carboxylic acids is 1. The van der Waals surface area contributed by atoms with Gasteiger partial charge >= 0.3 is 5.97 Å². The zero-order valence-corrected chi connectivity index (χ0v) is 15.9. The third kappa shape index (κ3) is 2.04. The summed E-state index contributed by atoms with van der Waals surface area (Å²) in [7, 11) is 0. The van der Waals surface area contributed by atoms with E-state index in [0.717, 1.165) is 22.3 Å². The summed E-state index contributed by atoms with van der Waals surface area (Å²) in [5.74, 6) is -2.86. The topological polar surface area (TPSA) is 74.7 Å². The van der Waals surface area contributed by atoms with Gasteiger partial charge in [0, 0.05) is 11.8 Å². The summed E-state index contributed by atoms with van der Waals surface area (Å²) in [5.41, 5.74) is 4.84. The zero-order chi connectivity index (χ0) is 20.6. The highest BCUT2D eigenvalue weighted by Crippen LogP contribution is 2.61. The van der Waals surface area contributed by atoms with Gasteiger partial charge in [-0.1, -0.05) is 54.6 Å². The van der Waals surface area contributed by atoms with Gasteiger partial charge in [-0.2, -0.15) is 0 Å². The molecule has 3 aliphatic carbocycles. The summed E-state index contributed by atoms with van der Waals surface area (Å²) in [6.07, 6.45) is 0. The van der Waals surface area contributed by atoms with Gasteiger partial charge in [0.25, 0.3) is 0 Å². The molecule has 30 heavy (non-hydrogen) atoms. The first-order chi connectivity index (χ1) is 14.6. The lowest BCUT2D eigenvalue weighted by atomic mass is 9.55. The molecule has 2 atom stereocenters. The largest absolute Gasteiger partial charge is 0.478 e. The molecule has 3 aromatic rings. The molecule has 146 valence electrons. The Hall–Kier alpha value is -3.73. The van der Waals surface area contributed by atoms with Crippen molar-refractivity contribution in [2.24, 2.45) is 11.8 Å². The lowest BCUT2D eigenvalue weighted by Crippen LogP contribution is -2.41. The minimum absolute atomic E-state index is 0.0533. The second-order valence-electron chi connectivity index (χ2n) is 8.13. The summed E-state index contributed by atoms with van der Waals surface area (Å²) in [4.78, 5) is 39.8. The molecular formula is C25H17NO4. The van der Waals surface area contributed by atoms with Crippen molar-refractivity contribution in [3.05, 3.63) is 101 Å². The first kappa shape index (κ1) is 17.2. The number of rotatable bonds is 2. The van der Waals surface area contributed by atoms with Gasteiger partial charge in [-0.3, -0.25) is 9.59 Å². The molecule has 5 heteroatoms. The number of imide groups is 1. The van der Waals surface area contributed by atoms with E-state index in [9.17, 15) is 19.5 Å². The van der Waals surface area contributed by atoms with Gasteiger partial charge in [0.05, 0.1) is 23.1 Å². The van der Waals surface area contributed by atoms with E-state index in [1.807, 2.05) is 24.3 Å². The van der Waals surface area contributed by atoms with Crippen LogP contribution in [-0.2, 0) is 9.59 Å². The Morgan fingerprint density at radius 1 is 0.700 bits per heavy atom. The van der Waals surface area contributed by atoms with Crippen LogP contribution in [0.15, 0.2) is 72.8 Å². The van der Waals surface area contributed by atoms with Gasteiger partial charge in [-0.05, 0) is 40.5 Å². The van der Waals surface area contributed by atoms with Crippen LogP contribution in [0.4, 0.5) is 5.69 Å². The minimum Gasteiger partial charge on any atom is -0.478 e. The van der Waals surface area contributed by atoms with Crippen LogP contribution in [-0.4, -0.2) is 22.9 Å².